The molecule has 0 saturated heterocycles. The van der Waals surface area contributed by atoms with Gasteiger partial charge < -0.3 is 14.2 Å². The minimum atomic E-state index is -0.375. The summed E-state index contributed by atoms with van der Waals surface area (Å²) in [4.78, 5) is 41.8. The van der Waals surface area contributed by atoms with Crippen molar-refractivity contribution < 1.29 is 14.2 Å². The Balaban J connectivity index is 1.32. The Morgan fingerprint density at radius 1 is 0.422 bits per heavy atom. The fraction of sp³-hybridized carbons (Fsp3) is 0.364. The van der Waals surface area contributed by atoms with Gasteiger partial charge in [0.15, 0.2) is 17.5 Å². The van der Waals surface area contributed by atoms with Crippen molar-refractivity contribution in [2.24, 2.45) is 15.0 Å². The molecule has 12 nitrogen and oxygen atoms in total. The van der Waals surface area contributed by atoms with E-state index in [1.165, 1.54) is 0 Å². The summed E-state index contributed by atoms with van der Waals surface area (Å²) in [5.41, 5.74) is 3.14. The molecule has 0 aliphatic carbocycles. The van der Waals surface area contributed by atoms with E-state index in [-0.39, 0.29) is 16.8 Å². The monoisotopic (exact) mass is 603 g/mol. The van der Waals surface area contributed by atoms with Crippen molar-refractivity contribution in [2.45, 2.75) is 58.3 Å². The maximum Gasteiger partial charge on any atom is 0.218 e. The Labute approximate surface area is 260 Å². The van der Waals surface area contributed by atoms with Crippen molar-refractivity contribution in [2.75, 3.05) is 19.6 Å². The summed E-state index contributed by atoms with van der Waals surface area (Å²) in [6.45, 7) is 13.7. The van der Waals surface area contributed by atoms with E-state index in [4.69, 9.17) is 29.2 Å². The third kappa shape index (κ3) is 6.00. The van der Waals surface area contributed by atoms with Crippen LogP contribution >= 0.6 is 0 Å². The normalized spacial score (nSPS) is 19.2. The number of pyridine rings is 3. The van der Waals surface area contributed by atoms with Crippen LogP contribution in [0.15, 0.2) is 70.4 Å². The van der Waals surface area contributed by atoms with Crippen molar-refractivity contribution in [1.82, 2.24) is 29.9 Å². The van der Waals surface area contributed by atoms with E-state index >= 15 is 0 Å². The zero-order valence-corrected chi connectivity index (χ0v) is 26.1. The molecule has 7 rings (SSSR count). The molecule has 0 saturated carbocycles. The topological polar surface area (TPSA) is 142 Å². The standard InChI is InChI=1S/C33H33N9O3/c1-31(2)16-37-28(43-31)22-7-19(10-34-13-22)25-40-26(20-8-23(14-35-11-20)29-38-17-32(3,4)44-29)42-27(41-25)21-9-24(15-36-12-21)30-39-18-33(5,6)45-30/h7-15H,16-18H2,1-6H3. The maximum atomic E-state index is 6.06. The smallest absolute Gasteiger partial charge is 0.218 e. The van der Waals surface area contributed by atoms with Crippen LogP contribution in [0, 0.1) is 0 Å². The van der Waals surface area contributed by atoms with Gasteiger partial charge in [0.05, 0.1) is 36.3 Å². The van der Waals surface area contributed by atoms with Gasteiger partial charge in [-0.15, -0.1) is 0 Å². The van der Waals surface area contributed by atoms with Gasteiger partial charge in [-0.1, -0.05) is 0 Å². The van der Waals surface area contributed by atoms with Crippen molar-refractivity contribution in [3.63, 3.8) is 0 Å². The van der Waals surface area contributed by atoms with Crippen LogP contribution in [0.1, 0.15) is 58.2 Å². The fourth-order valence-corrected chi connectivity index (χ4v) is 5.02. The van der Waals surface area contributed by atoms with E-state index < -0.39 is 0 Å². The molecule has 7 heterocycles. The molecule has 0 radical (unpaired) electrons. The van der Waals surface area contributed by atoms with Crippen molar-refractivity contribution >= 4 is 17.7 Å². The molecule has 0 spiro atoms. The third-order valence-electron chi connectivity index (χ3n) is 7.29. The number of rotatable bonds is 6. The molecular weight excluding hydrogens is 570 g/mol. The SMILES string of the molecule is CC1(C)CN=C(c2cncc(-c3nc(-c4cncc(C5=NCC(C)(C)O5)c4)nc(-c4cncc(C5=NCC(C)(C)O5)c4)n3)c2)O1. The Hall–Kier alpha value is -5.13. The summed E-state index contributed by atoms with van der Waals surface area (Å²) in [7, 11) is 0. The van der Waals surface area contributed by atoms with Crippen LogP contribution < -0.4 is 0 Å². The zero-order valence-electron chi connectivity index (χ0n) is 26.1. The van der Waals surface area contributed by atoms with Gasteiger partial charge in [-0.3, -0.25) is 15.0 Å². The van der Waals surface area contributed by atoms with E-state index in [1.807, 2.05) is 59.7 Å². The van der Waals surface area contributed by atoms with Crippen LogP contribution in [-0.2, 0) is 14.2 Å². The molecule has 0 atom stereocenters. The zero-order chi connectivity index (χ0) is 31.4. The quantitative estimate of drug-likeness (QED) is 0.306. The highest BCUT2D eigenvalue weighted by molar-refractivity contribution is 5.97. The first-order chi connectivity index (χ1) is 21.4. The first kappa shape index (κ1) is 28.6. The maximum absolute atomic E-state index is 6.06. The molecule has 4 aromatic heterocycles. The number of aromatic nitrogens is 6. The minimum absolute atomic E-state index is 0.375. The van der Waals surface area contributed by atoms with Gasteiger partial charge in [0, 0.05) is 53.9 Å². The first-order valence-corrected chi connectivity index (χ1v) is 14.8. The largest absolute Gasteiger partial charge is 0.469 e. The van der Waals surface area contributed by atoms with E-state index in [9.17, 15) is 0 Å². The highest BCUT2D eigenvalue weighted by Gasteiger charge is 2.31. The molecule has 0 fully saturated rings. The van der Waals surface area contributed by atoms with Gasteiger partial charge in [0.2, 0.25) is 17.7 Å². The van der Waals surface area contributed by atoms with E-state index in [2.05, 4.69) is 29.9 Å². The van der Waals surface area contributed by atoms with Crippen LogP contribution in [0.25, 0.3) is 34.2 Å². The van der Waals surface area contributed by atoms with Crippen LogP contribution in [0.5, 0.6) is 0 Å². The molecule has 45 heavy (non-hydrogen) atoms. The Morgan fingerprint density at radius 2 is 0.689 bits per heavy atom. The molecule has 0 bridgehead atoms. The van der Waals surface area contributed by atoms with Gasteiger partial charge >= 0.3 is 0 Å². The molecule has 0 unspecified atom stereocenters. The number of ether oxygens (including phenoxy) is 3. The molecule has 12 heteroatoms. The van der Waals surface area contributed by atoms with Gasteiger partial charge in [0.1, 0.15) is 16.8 Å². The van der Waals surface area contributed by atoms with Crippen molar-refractivity contribution in [1.29, 1.82) is 0 Å². The lowest BCUT2D eigenvalue weighted by atomic mass is 10.1. The Bertz CT molecular complexity index is 1680. The molecule has 3 aliphatic rings. The van der Waals surface area contributed by atoms with E-state index in [1.54, 1.807) is 37.2 Å². The van der Waals surface area contributed by atoms with Crippen molar-refractivity contribution in [3.8, 4) is 34.2 Å². The fourth-order valence-electron chi connectivity index (χ4n) is 5.02. The molecule has 0 N–H and O–H groups in total. The summed E-state index contributed by atoms with van der Waals surface area (Å²) in [6, 6.07) is 5.77. The summed E-state index contributed by atoms with van der Waals surface area (Å²) < 4.78 is 18.2. The number of aliphatic imine (C=N–C) groups is 3. The first-order valence-electron chi connectivity index (χ1n) is 14.8. The Morgan fingerprint density at radius 3 is 0.933 bits per heavy atom. The van der Waals surface area contributed by atoms with Crippen LogP contribution in [0.2, 0.25) is 0 Å². The van der Waals surface area contributed by atoms with Crippen molar-refractivity contribution in [3.05, 3.63) is 72.1 Å². The molecule has 228 valence electrons. The van der Waals surface area contributed by atoms with E-state index in [0.717, 1.165) is 16.7 Å². The van der Waals surface area contributed by atoms with Gasteiger partial charge in [-0.2, -0.15) is 0 Å². The molecule has 0 aromatic carbocycles. The Kier molecular flexibility index (Phi) is 6.68. The van der Waals surface area contributed by atoms with Crippen LogP contribution in [0.4, 0.5) is 0 Å². The lowest BCUT2D eigenvalue weighted by Crippen LogP contribution is -2.24. The second-order valence-corrected chi connectivity index (χ2v) is 13.1. The number of nitrogens with zero attached hydrogens (tertiary/aromatic N) is 9. The summed E-state index contributed by atoms with van der Waals surface area (Å²) in [6.07, 6.45) is 10.3. The van der Waals surface area contributed by atoms with E-state index in [0.29, 0.717) is 71.5 Å². The van der Waals surface area contributed by atoms with Gasteiger partial charge in [0.25, 0.3) is 0 Å². The third-order valence-corrected chi connectivity index (χ3v) is 7.29. The lowest BCUT2D eigenvalue weighted by molar-refractivity contribution is 0.131. The molecular formula is C33H33N9O3. The van der Waals surface area contributed by atoms with Gasteiger partial charge in [-0.25, -0.2) is 29.9 Å². The van der Waals surface area contributed by atoms with Gasteiger partial charge in [-0.05, 0) is 59.7 Å². The molecule has 0 amide bonds. The average Bonchev–Trinajstić information content (AvgIpc) is 3.71. The van der Waals surface area contributed by atoms with Crippen LogP contribution in [0.3, 0.4) is 0 Å². The molecule has 4 aromatic rings. The lowest BCUT2D eigenvalue weighted by Gasteiger charge is -2.17. The summed E-state index contributed by atoms with van der Waals surface area (Å²) in [5, 5.41) is 0. The predicted molar refractivity (Wildman–Crippen MR) is 169 cm³/mol. The predicted octanol–water partition coefficient (Wildman–Crippen LogP) is 4.72. The minimum Gasteiger partial charge on any atom is -0.469 e. The second kappa shape index (κ2) is 10.5. The summed E-state index contributed by atoms with van der Waals surface area (Å²) >= 11 is 0. The highest BCUT2D eigenvalue weighted by atomic mass is 16.5. The number of hydrogen-bond acceptors (Lipinski definition) is 12. The second-order valence-electron chi connectivity index (χ2n) is 13.1. The average molecular weight is 604 g/mol. The van der Waals surface area contributed by atoms with Crippen LogP contribution in [-0.4, -0.2) is 84.0 Å². The number of hydrogen-bond donors (Lipinski definition) is 0. The highest BCUT2D eigenvalue weighted by Crippen LogP contribution is 2.29. The molecule has 3 aliphatic heterocycles. The summed E-state index contributed by atoms with van der Waals surface area (Å²) in [5.74, 6) is 2.88.